The molecule has 2 rings (SSSR count). The number of benzene rings is 1. The number of nitrogens with zero attached hydrogens (tertiary/aromatic N) is 3. The standard InChI is InChI=1S/C17H23F2N5O.HI/c1-3-20-17(23-12-15-21-8-10-24(15)16(18)19)22-9-11-25-14-6-4-13(2)5-7-14;/h4-8,10,16H,3,9,11-12H2,1-2H3,(H2,20,22,23);1H. The molecule has 0 saturated carbocycles. The Morgan fingerprint density at radius 2 is 2.00 bits per heavy atom. The minimum Gasteiger partial charge on any atom is -0.492 e. The number of hydrogen-bond donors (Lipinski definition) is 2. The molecule has 1 aromatic heterocycles. The molecule has 0 amide bonds. The lowest BCUT2D eigenvalue weighted by Gasteiger charge is -2.12. The highest BCUT2D eigenvalue weighted by Gasteiger charge is 2.10. The Kier molecular flexibility index (Phi) is 9.92. The van der Waals surface area contributed by atoms with Crippen molar-refractivity contribution in [2.24, 2.45) is 4.99 Å². The van der Waals surface area contributed by atoms with E-state index in [1.54, 1.807) is 0 Å². The fraction of sp³-hybridized carbons (Fsp3) is 0.412. The van der Waals surface area contributed by atoms with Gasteiger partial charge in [0.25, 0.3) is 0 Å². The zero-order valence-electron chi connectivity index (χ0n) is 14.8. The molecule has 0 aliphatic rings. The molecule has 144 valence electrons. The van der Waals surface area contributed by atoms with Gasteiger partial charge in [0.05, 0.1) is 6.54 Å². The Morgan fingerprint density at radius 1 is 1.27 bits per heavy atom. The van der Waals surface area contributed by atoms with Crippen molar-refractivity contribution in [2.75, 3.05) is 19.7 Å². The monoisotopic (exact) mass is 479 g/mol. The van der Waals surface area contributed by atoms with Crippen molar-refractivity contribution in [2.45, 2.75) is 26.9 Å². The summed E-state index contributed by atoms with van der Waals surface area (Å²) in [6, 6.07) is 7.80. The SMILES string of the molecule is CCNC(=NCc1nccn1C(F)F)NCCOc1ccc(C)cc1.I. The first-order valence-electron chi connectivity index (χ1n) is 8.11. The third kappa shape index (κ3) is 7.14. The van der Waals surface area contributed by atoms with E-state index in [0.717, 1.165) is 10.3 Å². The quantitative estimate of drug-likeness (QED) is 0.264. The van der Waals surface area contributed by atoms with Gasteiger partial charge in [-0.25, -0.2) is 9.98 Å². The highest BCUT2D eigenvalue weighted by molar-refractivity contribution is 14.0. The van der Waals surface area contributed by atoms with Gasteiger partial charge in [-0.1, -0.05) is 17.7 Å². The second kappa shape index (κ2) is 11.7. The molecule has 0 bridgehead atoms. The van der Waals surface area contributed by atoms with Crippen LogP contribution in [-0.2, 0) is 6.54 Å². The molecule has 26 heavy (non-hydrogen) atoms. The van der Waals surface area contributed by atoms with Gasteiger partial charge in [-0.3, -0.25) is 4.57 Å². The number of aryl methyl sites for hydroxylation is 1. The first kappa shape index (κ1) is 22.1. The Labute approximate surface area is 169 Å². The smallest absolute Gasteiger partial charge is 0.319 e. The zero-order valence-corrected chi connectivity index (χ0v) is 17.1. The maximum absolute atomic E-state index is 12.8. The molecule has 6 nitrogen and oxygen atoms in total. The topological polar surface area (TPSA) is 63.5 Å². The molecule has 0 aliphatic carbocycles. The van der Waals surface area contributed by atoms with Gasteiger partial charge in [0.2, 0.25) is 0 Å². The highest BCUT2D eigenvalue weighted by atomic mass is 127. The van der Waals surface area contributed by atoms with Crippen LogP contribution in [0.4, 0.5) is 8.78 Å². The number of aliphatic imine (C=N–C) groups is 1. The summed E-state index contributed by atoms with van der Waals surface area (Å²) in [5.74, 6) is 1.54. The number of ether oxygens (including phenoxy) is 1. The third-order valence-electron chi connectivity index (χ3n) is 3.37. The largest absolute Gasteiger partial charge is 0.492 e. The molecule has 0 atom stereocenters. The summed E-state index contributed by atoms with van der Waals surface area (Å²) >= 11 is 0. The van der Waals surface area contributed by atoms with Gasteiger partial charge < -0.3 is 15.4 Å². The van der Waals surface area contributed by atoms with Gasteiger partial charge in [0, 0.05) is 18.9 Å². The first-order valence-corrected chi connectivity index (χ1v) is 8.11. The number of imidazole rings is 1. The van der Waals surface area contributed by atoms with E-state index < -0.39 is 6.55 Å². The van der Waals surface area contributed by atoms with Crippen molar-refractivity contribution in [3.8, 4) is 5.75 Å². The van der Waals surface area contributed by atoms with Crippen molar-refractivity contribution in [3.05, 3.63) is 48.0 Å². The Hall–Kier alpha value is -1.91. The minimum atomic E-state index is -2.62. The molecule has 0 aliphatic heterocycles. The number of aromatic nitrogens is 2. The van der Waals surface area contributed by atoms with Gasteiger partial charge in [-0.05, 0) is 26.0 Å². The number of nitrogens with one attached hydrogen (secondary N) is 2. The highest BCUT2D eigenvalue weighted by Crippen LogP contribution is 2.13. The van der Waals surface area contributed by atoms with Crippen molar-refractivity contribution >= 4 is 29.9 Å². The molecule has 2 N–H and O–H groups in total. The Balaban J connectivity index is 0.00000338. The Bertz CT molecular complexity index is 676. The van der Waals surface area contributed by atoms with Crippen LogP contribution >= 0.6 is 24.0 Å². The van der Waals surface area contributed by atoms with Crippen LogP contribution in [0, 0.1) is 6.92 Å². The van der Waals surface area contributed by atoms with Crippen molar-refractivity contribution in [1.29, 1.82) is 0 Å². The lowest BCUT2D eigenvalue weighted by Crippen LogP contribution is -2.39. The van der Waals surface area contributed by atoms with Gasteiger partial charge in [-0.15, -0.1) is 24.0 Å². The van der Waals surface area contributed by atoms with E-state index in [1.807, 2.05) is 38.1 Å². The maximum Gasteiger partial charge on any atom is 0.319 e. The number of rotatable bonds is 8. The van der Waals surface area contributed by atoms with E-state index in [9.17, 15) is 8.78 Å². The van der Waals surface area contributed by atoms with E-state index in [4.69, 9.17) is 4.74 Å². The average molecular weight is 479 g/mol. The predicted octanol–water partition coefficient (Wildman–Crippen LogP) is 3.34. The predicted molar refractivity (Wildman–Crippen MR) is 108 cm³/mol. The third-order valence-corrected chi connectivity index (χ3v) is 3.37. The average Bonchev–Trinajstić information content (AvgIpc) is 3.07. The molecule has 0 radical (unpaired) electrons. The fourth-order valence-corrected chi connectivity index (χ4v) is 2.11. The summed E-state index contributed by atoms with van der Waals surface area (Å²) in [6.45, 7) is 3.04. The van der Waals surface area contributed by atoms with Crippen LogP contribution in [0.25, 0.3) is 0 Å². The lowest BCUT2D eigenvalue weighted by molar-refractivity contribution is 0.0671. The number of guanidine groups is 1. The zero-order chi connectivity index (χ0) is 18.1. The minimum absolute atomic E-state index is 0. The number of hydrogen-bond acceptors (Lipinski definition) is 3. The molecular formula is C17H24F2IN5O. The number of alkyl halides is 2. The summed E-state index contributed by atoms with van der Waals surface area (Å²) in [5, 5.41) is 6.16. The van der Waals surface area contributed by atoms with Gasteiger partial charge in [0.1, 0.15) is 24.7 Å². The van der Waals surface area contributed by atoms with E-state index in [-0.39, 0.29) is 36.3 Å². The van der Waals surface area contributed by atoms with Crippen molar-refractivity contribution in [3.63, 3.8) is 0 Å². The summed E-state index contributed by atoms with van der Waals surface area (Å²) in [6.07, 6.45) is 2.58. The van der Waals surface area contributed by atoms with Crippen LogP contribution in [-0.4, -0.2) is 35.2 Å². The molecule has 0 unspecified atom stereocenters. The molecule has 9 heteroatoms. The van der Waals surface area contributed by atoms with Crippen LogP contribution in [0.15, 0.2) is 41.7 Å². The van der Waals surface area contributed by atoms with E-state index in [2.05, 4.69) is 20.6 Å². The maximum atomic E-state index is 12.8. The second-order valence-corrected chi connectivity index (χ2v) is 5.31. The Morgan fingerprint density at radius 3 is 2.65 bits per heavy atom. The lowest BCUT2D eigenvalue weighted by atomic mass is 10.2. The van der Waals surface area contributed by atoms with Crippen LogP contribution in [0.2, 0.25) is 0 Å². The summed E-state index contributed by atoms with van der Waals surface area (Å²) in [7, 11) is 0. The van der Waals surface area contributed by atoms with Crippen molar-refractivity contribution in [1.82, 2.24) is 20.2 Å². The van der Waals surface area contributed by atoms with Gasteiger partial charge in [-0.2, -0.15) is 8.78 Å². The van der Waals surface area contributed by atoms with Crippen LogP contribution in [0.3, 0.4) is 0 Å². The summed E-state index contributed by atoms with van der Waals surface area (Å²) in [5.41, 5.74) is 1.18. The van der Waals surface area contributed by atoms with Gasteiger partial charge in [0.15, 0.2) is 5.96 Å². The van der Waals surface area contributed by atoms with E-state index in [0.29, 0.717) is 25.7 Å². The molecule has 0 fully saturated rings. The van der Waals surface area contributed by atoms with Crippen LogP contribution in [0.5, 0.6) is 5.75 Å². The molecule has 2 aromatic rings. The molecule has 0 spiro atoms. The first-order chi connectivity index (χ1) is 12.1. The molecule has 0 saturated heterocycles. The van der Waals surface area contributed by atoms with E-state index >= 15 is 0 Å². The van der Waals surface area contributed by atoms with Gasteiger partial charge >= 0.3 is 6.55 Å². The molecular weight excluding hydrogens is 455 g/mol. The summed E-state index contributed by atoms with van der Waals surface area (Å²) in [4.78, 5) is 8.19. The number of halogens is 3. The van der Waals surface area contributed by atoms with E-state index in [1.165, 1.54) is 18.0 Å². The second-order valence-electron chi connectivity index (χ2n) is 5.31. The van der Waals surface area contributed by atoms with Crippen LogP contribution < -0.4 is 15.4 Å². The molecule has 1 aromatic carbocycles. The fourth-order valence-electron chi connectivity index (χ4n) is 2.11. The molecule has 1 heterocycles. The van der Waals surface area contributed by atoms with Crippen LogP contribution in [0.1, 0.15) is 24.9 Å². The summed E-state index contributed by atoms with van der Waals surface area (Å²) < 4.78 is 32.0. The van der Waals surface area contributed by atoms with Crippen molar-refractivity contribution < 1.29 is 13.5 Å². The normalized spacial score (nSPS) is 11.2.